The van der Waals surface area contributed by atoms with Gasteiger partial charge in [-0.25, -0.2) is 9.97 Å². The summed E-state index contributed by atoms with van der Waals surface area (Å²) in [4.78, 5) is 24.6. The zero-order chi connectivity index (χ0) is 20.9. The molecule has 1 aliphatic heterocycles. The van der Waals surface area contributed by atoms with E-state index in [2.05, 4.69) is 15.1 Å². The number of fused-ring (bicyclic) bond motifs is 1. The zero-order valence-corrected chi connectivity index (χ0v) is 16.6. The Balaban J connectivity index is 1.59. The lowest BCUT2D eigenvalue weighted by Crippen LogP contribution is -2.40. The number of nitrogen functional groups attached to an aromatic ring is 1. The fourth-order valence-corrected chi connectivity index (χ4v) is 4.88. The van der Waals surface area contributed by atoms with Gasteiger partial charge in [0.15, 0.2) is 5.69 Å². The minimum absolute atomic E-state index is 0.171. The summed E-state index contributed by atoms with van der Waals surface area (Å²) >= 11 is 1.26. The Morgan fingerprint density at radius 1 is 1.31 bits per heavy atom. The van der Waals surface area contributed by atoms with Crippen molar-refractivity contribution < 1.29 is 18.0 Å². The molecule has 3 aromatic rings. The van der Waals surface area contributed by atoms with Crippen molar-refractivity contribution in [1.82, 2.24) is 24.6 Å². The van der Waals surface area contributed by atoms with Crippen molar-refractivity contribution in [3.63, 3.8) is 0 Å². The van der Waals surface area contributed by atoms with E-state index in [0.717, 1.165) is 11.6 Å². The molecule has 1 unspecified atom stereocenters. The maximum atomic E-state index is 13.2. The molecule has 0 aromatic carbocycles. The van der Waals surface area contributed by atoms with Gasteiger partial charge >= 0.3 is 6.18 Å². The fourth-order valence-electron chi connectivity index (χ4n) is 3.68. The molecule has 1 saturated heterocycles. The Labute approximate surface area is 168 Å². The van der Waals surface area contributed by atoms with E-state index in [1.54, 1.807) is 11.8 Å². The van der Waals surface area contributed by atoms with Gasteiger partial charge in [0.05, 0.1) is 16.3 Å². The van der Waals surface area contributed by atoms with Crippen LogP contribution in [0, 0.1) is 13.8 Å². The minimum Gasteiger partial charge on any atom is -0.383 e. The van der Waals surface area contributed by atoms with E-state index in [-0.39, 0.29) is 11.9 Å². The number of anilines is 1. The van der Waals surface area contributed by atoms with Crippen LogP contribution in [0.5, 0.6) is 0 Å². The highest BCUT2D eigenvalue weighted by Crippen LogP contribution is 2.35. The lowest BCUT2D eigenvalue weighted by molar-refractivity contribution is -0.141. The molecular formula is C18H19F3N6OS. The van der Waals surface area contributed by atoms with Crippen LogP contribution in [0.4, 0.5) is 19.0 Å². The number of nitrogens with zero attached hydrogens (tertiary/aromatic N) is 5. The lowest BCUT2D eigenvalue weighted by atomic mass is 10.1. The van der Waals surface area contributed by atoms with Gasteiger partial charge in [0, 0.05) is 19.3 Å². The molecule has 0 saturated carbocycles. The Bertz CT molecular complexity index is 1090. The van der Waals surface area contributed by atoms with Gasteiger partial charge in [0.25, 0.3) is 5.91 Å². The number of aryl methyl sites for hydroxylation is 2. The van der Waals surface area contributed by atoms with Crippen LogP contribution in [0.15, 0.2) is 12.3 Å². The zero-order valence-electron chi connectivity index (χ0n) is 15.8. The third-order valence-electron chi connectivity index (χ3n) is 5.08. The maximum absolute atomic E-state index is 13.2. The van der Waals surface area contributed by atoms with E-state index in [1.165, 1.54) is 22.2 Å². The SMILES string of the molecule is Cc1nc(N)c2c(C)c(C(=O)N3CCCC(n4ccc(C(F)(F)F)n4)C3)sc2n1. The van der Waals surface area contributed by atoms with Crippen LogP contribution in [0.3, 0.4) is 0 Å². The normalized spacial score (nSPS) is 17.8. The summed E-state index contributed by atoms with van der Waals surface area (Å²) in [7, 11) is 0. The molecule has 0 radical (unpaired) electrons. The average molecular weight is 424 g/mol. The summed E-state index contributed by atoms with van der Waals surface area (Å²) in [6, 6.07) is 0.659. The number of rotatable bonds is 2. The van der Waals surface area contributed by atoms with Crippen LogP contribution in [-0.4, -0.2) is 43.6 Å². The number of alkyl halides is 3. The molecule has 1 amide bonds. The molecule has 1 aliphatic rings. The van der Waals surface area contributed by atoms with Gasteiger partial charge in [-0.05, 0) is 38.3 Å². The minimum atomic E-state index is -4.48. The third kappa shape index (κ3) is 3.54. The molecule has 0 spiro atoms. The van der Waals surface area contributed by atoms with Gasteiger partial charge < -0.3 is 10.6 Å². The van der Waals surface area contributed by atoms with Crippen LogP contribution in [0.25, 0.3) is 10.2 Å². The number of carbonyl (C=O) groups is 1. The summed E-state index contributed by atoms with van der Waals surface area (Å²) < 4.78 is 39.8. The largest absolute Gasteiger partial charge is 0.435 e. The number of likely N-dealkylation sites (tertiary alicyclic amines) is 1. The first kappa shape index (κ1) is 19.6. The summed E-state index contributed by atoms with van der Waals surface area (Å²) in [5.74, 6) is 0.705. The number of thiophene rings is 1. The maximum Gasteiger partial charge on any atom is 0.435 e. The highest BCUT2D eigenvalue weighted by molar-refractivity contribution is 7.20. The number of carbonyl (C=O) groups excluding carboxylic acids is 1. The van der Waals surface area contributed by atoms with Gasteiger partial charge in [-0.1, -0.05) is 0 Å². The van der Waals surface area contributed by atoms with Crippen molar-refractivity contribution in [2.45, 2.75) is 38.9 Å². The van der Waals surface area contributed by atoms with E-state index >= 15 is 0 Å². The smallest absolute Gasteiger partial charge is 0.383 e. The van der Waals surface area contributed by atoms with Crippen molar-refractivity contribution in [2.75, 3.05) is 18.8 Å². The van der Waals surface area contributed by atoms with Crippen molar-refractivity contribution >= 4 is 33.3 Å². The number of amides is 1. The highest BCUT2D eigenvalue weighted by atomic mass is 32.1. The molecule has 11 heteroatoms. The van der Waals surface area contributed by atoms with E-state index in [4.69, 9.17) is 5.73 Å². The molecule has 1 atom stereocenters. The molecule has 1 fully saturated rings. The average Bonchev–Trinajstić information content (AvgIpc) is 3.26. The predicted octanol–water partition coefficient (Wildman–Crippen LogP) is 3.58. The lowest BCUT2D eigenvalue weighted by Gasteiger charge is -2.32. The molecule has 29 heavy (non-hydrogen) atoms. The van der Waals surface area contributed by atoms with Crippen LogP contribution < -0.4 is 5.73 Å². The van der Waals surface area contributed by atoms with Crippen molar-refractivity contribution in [3.8, 4) is 0 Å². The second-order valence-electron chi connectivity index (χ2n) is 7.12. The number of halogens is 3. The highest BCUT2D eigenvalue weighted by Gasteiger charge is 2.35. The first-order valence-electron chi connectivity index (χ1n) is 9.10. The predicted molar refractivity (Wildman–Crippen MR) is 103 cm³/mol. The number of aromatic nitrogens is 4. The summed E-state index contributed by atoms with van der Waals surface area (Å²) in [5, 5.41) is 4.35. The van der Waals surface area contributed by atoms with E-state index < -0.39 is 11.9 Å². The summed E-state index contributed by atoms with van der Waals surface area (Å²) in [6.45, 7) is 4.38. The van der Waals surface area contributed by atoms with Crippen LogP contribution in [-0.2, 0) is 6.18 Å². The van der Waals surface area contributed by atoms with E-state index in [0.29, 0.717) is 52.7 Å². The molecule has 4 rings (SSSR count). The number of hydrogen-bond donors (Lipinski definition) is 1. The first-order chi connectivity index (χ1) is 13.6. The van der Waals surface area contributed by atoms with Gasteiger partial charge in [0.2, 0.25) is 0 Å². The number of nitrogens with two attached hydrogens (primary N) is 1. The van der Waals surface area contributed by atoms with Crippen molar-refractivity contribution in [3.05, 3.63) is 34.2 Å². The monoisotopic (exact) mass is 424 g/mol. The number of hydrogen-bond acceptors (Lipinski definition) is 6. The van der Waals surface area contributed by atoms with Crippen molar-refractivity contribution in [1.29, 1.82) is 0 Å². The molecule has 2 N–H and O–H groups in total. The van der Waals surface area contributed by atoms with Crippen LogP contribution in [0.1, 0.15) is 45.6 Å². The van der Waals surface area contributed by atoms with Crippen LogP contribution >= 0.6 is 11.3 Å². The van der Waals surface area contributed by atoms with Crippen molar-refractivity contribution in [2.24, 2.45) is 0 Å². The van der Waals surface area contributed by atoms with Gasteiger partial charge in [-0.15, -0.1) is 11.3 Å². The molecule has 154 valence electrons. The van der Waals surface area contributed by atoms with Gasteiger partial charge in [-0.2, -0.15) is 18.3 Å². The molecule has 3 aromatic heterocycles. The van der Waals surface area contributed by atoms with E-state index in [9.17, 15) is 18.0 Å². The fraction of sp³-hybridized carbons (Fsp3) is 0.444. The Kier molecular flexibility index (Phi) is 4.72. The Morgan fingerprint density at radius 2 is 2.07 bits per heavy atom. The van der Waals surface area contributed by atoms with Crippen LogP contribution in [0.2, 0.25) is 0 Å². The molecular weight excluding hydrogens is 405 g/mol. The Morgan fingerprint density at radius 3 is 2.76 bits per heavy atom. The first-order valence-corrected chi connectivity index (χ1v) is 9.91. The standard InChI is InChI=1S/C18H19F3N6OS/c1-9-13-15(22)23-10(2)24-16(13)29-14(9)17(28)26-6-3-4-11(8-26)27-7-5-12(25-27)18(19,20)21/h5,7,11H,3-4,6,8H2,1-2H3,(H2,22,23,24). The molecule has 7 nitrogen and oxygen atoms in total. The third-order valence-corrected chi connectivity index (χ3v) is 6.25. The van der Waals surface area contributed by atoms with Gasteiger partial charge in [-0.3, -0.25) is 9.48 Å². The molecule has 4 heterocycles. The van der Waals surface area contributed by atoms with Gasteiger partial charge in [0.1, 0.15) is 16.5 Å². The second kappa shape index (κ2) is 6.97. The topological polar surface area (TPSA) is 89.9 Å². The number of piperidine rings is 1. The summed E-state index contributed by atoms with van der Waals surface area (Å²) in [6.07, 6.45) is -1.82. The molecule has 0 bridgehead atoms. The second-order valence-corrected chi connectivity index (χ2v) is 8.12. The quantitative estimate of drug-likeness (QED) is 0.679. The van der Waals surface area contributed by atoms with E-state index in [1.807, 2.05) is 6.92 Å². The summed E-state index contributed by atoms with van der Waals surface area (Å²) in [5.41, 5.74) is 5.82. The Hall–Kier alpha value is -2.69. The molecule has 0 aliphatic carbocycles.